The van der Waals surface area contributed by atoms with Crippen LogP contribution in [-0.2, 0) is 6.42 Å². The van der Waals surface area contributed by atoms with Crippen LogP contribution in [0.4, 0.5) is 0 Å². The molecule has 1 aliphatic carbocycles. The maximum absolute atomic E-state index is 12.1. The minimum absolute atomic E-state index is 0.216. The van der Waals surface area contributed by atoms with Gasteiger partial charge < -0.3 is 9.47 Å². The summed E-state index contributed by atoms with van der Waals surface area (Å²) >= 11 is 0. The minimum atomic E-state index is 0.216. The molecule has 0 radical (unpaired) electrons. The number of ether oxygens (including phenoxy) is 2. The zero-order valence-electron chi connectivity index (χ0n) is 11.6. The highest BCUT2D eigenvalue weighted by Gasteiger charge is 2.24. The first-order valence-electron chi connectivity index (χ1n) is 6.62. The van der Waals surface area contributed by atoms with E-state index in [4.69, 9.17) is 9.47 Å². The normalized spacial score (nSPS) is 13.2. The van der Waals surface area contributed by atoms with Crippen molar-refractivity contribution in [3.05, 3.63) is 47.5 Å². The van der Waals surface area contributed by atoms with Crippen molar-refractivity contribution in [2.75, 3.05) is 14.2 Å². The Morgan fingerprint density at radius 2 is 1.80 bits per heavy atom. The number of carbonyl (C=O) groups excluding carboxylic acids is 1. The Morgan fingerprint density at radius 3 is 2.55 bits per heavy atom. The van der Waals surface area contributed by atoms with Crippen LogP contribution in [0.1, 0.15) is 22.3 Å². The zero-order valence-corrected chi connectivity index (χ0v) is 11.6. The van der Waals surface area contributed by atoms with Crippen LogP contribution in [0.25, 0.3) is 11.1 Å². The summed E-state index contributed by atoms with van der Waals surface area (Å²) in [6, 6.07) is 11.7. The van der Waals surface area contributed by atoms with E-state index < -0.39 is 0 Å². The number of hydrogen-bond acceptors (Lipinski definition) is 3. The van der Waals surface area contributed by atoms with Gasteiger partial charge in [0.2, 0.25) is 0 Å². The number of benzene rings is 2. The number of rotatable bonds is 3. The Morgan fingerprint density at radius 1 is 0.950 bits per heavy atom. The third kappa shape index (κ3) is 1.95. The largest absolute Gasteiger partial charge is 0.497 e. The molecule has 3 heteroatoms. The summed E-state index contributed by atoms with van der Waals surface area (Å²) in [4.78, 5) is 12.1. The van der Waals surface area contributed by atoms with Gasteiger partial charge in [-0.2, -0.15) is 0 Å². The monoisotopic (exact) mass is 268 g/mol. The third-order valence-corrected chi connectivity index (χ3v) is 3.75. The van der Waals surface area contributed by atoms with Gasteiger partial charge in [0.1, 0.15) is 11.5 Å². The zero-order chi connectivity index (χ0) is 14.1. The molecular weight excluding hydrogens is 252 g/mol. The summed E-state index contributed by atoms with van der Waals surface area (Å²) in [6.45, 7) is 0. The van der Waals surface area contributed by atoms with Crippen molar-refractivity contribution < 1.29 is 14.3 Å². The van der Waals surface area contributed by atoms with Crippen LogP contribution < -0.4 is 9.47 Å². The molecule has 0 saturated carbocycles. The second-order valence-corrected chi connectivity index (χ2v) is 4.83. The smallest absolute Gasteiger partial charge is 0.164 e. The van der Waals surface area contributed by atoms with E-state index in [1.807, 2.05) is 36.4 Å². The number of ketones is 1. The van der Waals surface area contributed by atoms with E-state index >= 15 is 0 Å². The minimum Gasteiger partial charge on any atom is -0.497 e. The fraction of sp³-hybridized carbons (Fsp3) is 0.235. The SMILES string of the molecule is COc1ccc(-c2cccc3c2C(=O)CC3)c(OC)c1. The highest BCUT2D eigenvalue weighted by Crippen LogP contribution is 2.38. The van der Waals surface area contributed by atoms with E-state index in [1.165, 1.54) is 0 Å². The van der Waals surface area contributed by atoms with Crippen LogP contribution in [0.2, 0.25) is 0 Å². The number of fused-ring (bicyclic) bond motifs is 1. The Kier molecular flexibility index (Phi) is 3.18. The molecule has 3 nitrogen and oxygen atoms in total. The summed E-state index contributed by atoms with van der Waals surface area (Å²) < 4.78 is 10.7. The predicted octanol–water partition coefficient (Wildman–Crippen LogP) is 3.50. The van der Waals surface area contributed by atoms with Gasteiger partial charge in [-0.15, -0.1) is 0 Å². The molecule has 0 fully saturated rings. The lowest BCUT2D eigenvalue weighted by Gasteiger charge is -2.13. The summed E-state index contributed by atoms with van der Waals surface area (Å²) in [5.74, 6) is 1.68. The van der Waals surface area contributed by atoms with E-state index in [0.717, 1.165) is 40.2 Å². The first-order valence-corrected chi connectivity index (χ1v) is 6.62. The van der Waals surface area contributed by atoms with Crippen molar-refractivity contribution in [2.45, 2.75) is 12.8 Å². The van der Waals surface area contributed by atoms with Crippen LogP contribution in [0.15, 0.2) is 36.4 Å². The van der Waals surface area contributed by atoms with Crippen LogP contribution >= 0.6 is 0 Å². The topological polar surface area (TPSA) is 35.5 Å². The summed E-state index contributed by atoms with van der Waals surface area (Å²) in [5.41, 5.74) is 3.85. The molecule has 0 saturated heterocycles. The maximum atomic E-state index is 12.1. The molecule has 2 aromatic rings. The standard InChI is InChI=1S/C17H16O3/c1-19-12-7-8-13(16(10-12)20-2)14-5-3-4-11-6-9-15(18)17(11)14/h3-5,7-8,10H,6,9H2,1-2H3. The van der Waals surface area contributed by atoms with Crippen molar-refractivity contribution >= 4 is 5.78 Å². The lowest BCUT2D eigenvalue weighted by molar-refractivity contribution is 0.0995. The van der Waals surface area contributed by atoms with Crippen molar-refractivity contribution in [2.24, 2.45) is 0 Å². The molecule has 0 spiro atoms. The van der Waals surface area contributed by atoms with E-state index in [2.05, 4.69) is 0 Å². The Bertz CT molecular complexity index is 674. The van der Waals surface area contributed by atoms with Gasteiger partial charge in [-0.25, -0.2) is 0 Å². The fourth-order valence-electron chi connectivity index (χ4n) is 2.76. The van der Waals surface area contributed by atoms with Gasteiger partial charge in [0.15, 0.2) is 5.78 Å². The van der Waals surface area contributed by atoms with Crippen LogP contribution in [0.3, 0.4) is 0 Å². The van der Waals surface area contributed by atoms with E-state index in [9.17, 15) is 4.79 Å². The van der Waals surface area contributed by atoms with Gasteiger partial charge in [0, 0.05) is 23.6 Å². The number of carbonyl (C=O) groups is 1. The Balaban J connectivity index is 2.20. The molecule has 20 heavy (non-hydrogen) atoms. The molecule has 0 bridgehead atoms. The molecule has 0 atom stereocenters. The van der Waals surface area contributed by atoms with Crippen molar-refractivity contribution in [3.8, 4) is 22.6 Å². The number of Topliss-reactive ketones (excluding diaryl/α,β-unsaturated/α-hetero) is 1. The summed E-state index contributed by atoms with van der Waals surface area (Å²) in [5, 5.41) is 0. The third-order valence-electron chi connectivity index (χ3n) is 3.75. The summed E-state index contributed by atoms with van der Waals surface area (Å²) in [7, 11) is 3.25. The molecular formula is C17H16O3. The Labute approximate surface area is 118 Å². The van der Waals surface area contributed by atoms with Crippen molar-refractivity contribution in [3.63, 3.8) is 0 Å². The van der Waals surface area contributed by atoms with E-state index in [1.54, 1.807) is 14.2 Å². The highest BCUT2D eigenvalue weighted by atomic mass is 16.5. The number of hydrogen-bond donors (Lipinski definition) is 0. The average molecular weight is 268 g/mol. The predicted molar refractivity (Wildman–Crippen MR) is 77.6 cm³/mol. The van der Waals surface area contributed by atoms with Gasteiger partial charge in [-0.3, -0.25) is 4.79 Å². The summed E-state index contributed by atoms with van der Waals surface area (Å²) in [6.07, 6.45) is 1.44. The number of aryl methyl sites for hydroxylation is 1. The van der Waals surface area contributed by atoms with Gasteiger partial charge in [0.05, 0.1) is 14.2 Å². The van der Waals surface area contributed by atoms with Crippen LogP contribution in [0.5, 0.6) is 11.5 Å². The second kappa shape index (κ2) is 5.00. The van der Waals surface area contributed by atoms with Crippen molar-refractivity contribution in [1.82, 2.24) is 0 Å². The van der Waals surface area contributed by atoms with Crippen molar-refractivity contribution in [1.29, 1.82) is 0 Å². The van der Waals surface area contributed by atoms with Gasteiger partial charge in [-0.1, -0.05) is 18.2 Å². The van der Waals surface area contributed by atoms with Gasteiger partial charge >= 0.3 is 0 Å². The average Bonchev–Trinajstić information content (AvgIpc) is 2.88. The first kappa shape index (κ1) is 12.7. The molecule has 102 valence electrons. The quantitative estimate of drug-likeness (QED) is 0.854. The molecule has 0 unspecified atom stereocenters. The molecule has 2 aromatic carbocycles. The molecule has 0 aliphatic heterocycles. The first-order chi connectivity index (χ1) is 9.74. The second-order valence-electron chi connectivity index (χ2n) is 4.83. The fourth-order valence-corrected chi connectivity index (χ4v) is 2.76. The molecule has 3 rings (SSSR count). The lowest BCUT2D eigenvalue weighted by atomic mass is 9.95. The highest BCUT2D eigenvalue weighted by molar-refractivity contribution is 6.06. The Hall–Kier alpha value is -2.29. The van der Waals surface area contributed by atoms with E-state index in [0.29, 0.717) is 6.42 Å². The van der Waals surface area contributed by atoms with Gasteiger partial charge in [0.25, 0.3) is 0 Å². The lowest BCUT2D eigenvalue weighted by Crippen LogP contribution is -1.97. The number of methoxy groups -OCH3 is 2. The molecule has 0 N–H and O–H groups in total. The molecule has 0 amide bonds. The van der Waals surface area contributed by atoms with E-state index in [-0.39, 0.29) is 5.78 Å². The molecule has 0 aromatic heterocycles. The maximum Gasteiger partial charge on any atom is 0.164 e. The molecule has 1 aliphatic rings. The van der Waals surface area contributed by atoms with Crippen LogP contribution in [-0.4, -0.2) is 20.0 Å². The van der Waals surface area contributed by atoms with Crippen LogP contribution in [0, 0.1) is 0 Å². The van der Waals surface area contributed by atoms with Gasteiger partial charge in [-0.05, 0) is 29.7 Å². The molecule has 0 heterocycles.